The average Bonchev–Trinajstić information content (AvgIpc) is 3.45. The van der Waals surface area contributed by atoms with Crippen molar-refractivity contribution in [3.8, 4) is 23.0 Å². The lowest BCUT2D eigenvalue weighted by Crippen LogP contribution is -2.22. The van der Waals surface area contributed by atoms with Crippen LogP contribution in [0.5, 0.6) is 23.0 Å². The molecule has 4 aromatic rings. The first-order chi connectivity index (χ1) is 19.2. The maximum absolute atomic E-state index is 12.5. The predicted octanol–water partition coefficient (Wildman–Crippen LogP) is 6.43. The van der Waals surface area contributed by atoms with Crippen molar-refractivity contribution in [1.82, 2.24) is 0 Å². The Morgan fingerprint density at radius 2 is 1.02 bits per heavy atom. The van der Waals surface area contributed by atoms with E-state index in [4.69, 9.17) is 32.7 Å². The van der Waals surface area contributed by atoms with Gasteiger partial charge in [-0.25, -0.2) is 0 Å². The zero-order valence-corrected chi connectivity index (χ0v) is 23.0. The first kappa shape index (κ1) is 27.2. The molecule has 0 unspecified atom stereocenters. The fourth-order valence-electron chi connectivity index (χ4n) is 4.64. The van der Waals surface area contributed by atoms with Crippen molar-refractivity contribution < 1.29 is 29.3 Å². The summed E-state index contributed by atoms with van der Waals surface area (Å²) in [6.07, 6.45) is 0. The monoisotopic (exact) mass is 578 g/mol. The van der Waals surface area contributed by atoms with Crippen molar-refractivity contribution in [2.45, 2.75) is 13.1 Å². The molecule has 0 saturated heterocycles. The summed E-state index contributed by atoms with van der Waals surface area (Å²) in [6.45, 7) is 0.875. The zero-order chi connectivity index (χ0) is 28.6. The van der Waals surface area contributed by atoms with Gasteiger partial charge in [0.15, 0.2) is 23.0 Å². The third kappa shape index (κ3) is 5.11. The molecule has 2 aliphatic heterocycles. The second kappa shape index (κ2) is 11.0. The number of phenols is 2. The van der Waals surface area contributed by atoms with E-state index in [0.29, 0.717) is 51.3 Å². The van der Waals surface area contributed by atoms with Crippen LogP contribution < -0.4 is 19.3 Å². The van der Waals surface area contributed by atoms with Gasteiger partial charge in [0.05, 0.1) is 27.3 Å². The van der Waals surface area contributed by atoms with E-state index in [0.717, 1.165) is 16.9 Å². The summed E-state index contributed by atoms with van der Waals surface area (Å²) in [5.41, 5.74) is 4.21. The van der Waals surface area contributed by atoms with Crippen LogP contribution in [0.25, 0.3) is 0 Å². The third-order valence-corrected chi connectivity index (χ3v) is 7.20. The summed E-state index contributed by atoms with van der Waals surface area (Å²) in [4.78, 5) is 28.1. The molecule has 0 atom stereocenters. The molecule has 10 heteroatoms. The molecule has 0 aromatic heterocycles. The van der Waals surface area contributed by atoms with E-state index < -0.39 is 0 Å². The van der Waals surface area contributed by atoms with Crippen LogP contribution in [0.15, 0.2) is 72.8 Å². The number of nitrogens with zero attached hydrogens (tertiary/aromatic N) is 2. The van der Waals surface area contributed by atoms with E-state index in [1.807, 2.05) is 18.2 Å². The van der Waals surface area contributed by atoms with Gasteiger partial charge in [0, 0.05) is 32.5 Å². The Hall–Kier alpha value is -4.40. The number of amides is 2. The molecule has 204 valence electrons. The fraction of sp³-hybridized carbons (Fsp3) is 0.133. The minimum atomic E-state index is -0.287. The van der Waals surface area contributed by atoms with Crippen molar-refractivity contribution in [1.29, 1.82) is 0 Å². The number of carbonyl (C=O) groups is 2. The van der Waals surface area contributed by atoms with Crippen molar-refractivity contribution in [2.24, 2.45) is 0 Å². The summed E-state index contributed by atoms with van der Waals surface area (Å²) >= 11 is 11.7. The number of aromatic hydroxyl groups is 2. The smallest absolute Gasteiger partial charge is 0.259 e. The zero-order valence-electron chi connectivity index (χ0n) is 21.5. The lowest BCUT2D eigenvalue weighted by molar-refractivity contribution is 0.0988. The first-order valence-corrected chi connectivity index (χ1v) is 12.9. The summed E-state index contributed by atoms with van der Waals surface area (Å²) in [5, 5.41) is 20.2. The quantitative estimate of drug-likeness (QED) is 0.271. The summed E-state index contributed by atoms with van der Waals surface area (Å²) < 4.78 is 10.5. The molecule has 8 nitrogen and oxygen atoms in total. The van der Waals surface area contributed by atoms with Crippen molar-refractivity contribution in [3.63, 3.8) is 0 Å². The third-order valence-electron chi connectivity index (χ3n) is 6.69. The van der Waals surface area contributed by atoms with Crippen LogP contribution in [0.4, 0.5) is 11.4 Å². The number of rotatable bonds is 4. The standard InChI is InChI=1S/C16H14ClNO3.C14H10ClNO3/c1-20-14-7-10-9-18(12-5-3-11(17)4-6-12)16(19)13(10)8-15(14)21-2;15-9-1-3-10(4-2-9)16-7-8-5-12(17)13(18)6-11(8)14(16)19/h3-8H,9H2,1-2H3;1-6,17-18H,7H2. The highest BCUT2D eigenvalue weighted by molar-refractivity contribution is 6.31. The molecule has 2 amide bonds. The molecule has 4 aromatic carbocycles. The van der Waals surface area contributed by atoms with Crippen LogP contribution in [0.2, 0.25) is 10.0 Å². The summed E-state index contributed by atoms with van der Waals surface area (Å²) in [6, 6.07) is 20.4. The molecule has 2 aliphatic rings. The number of benzene rings is 4. The van der Waals surface area contributed by atoms with Crippen LogP contribution in [0.1, 0.15) is 31.8 Å². The van der Waals surface area contributed by atoms with Crippen molar-refractivity contribution in [2.75, 3.05) is 24.0 Å². The van der Waals surface area contributed by atoms with Gasteiger partial charge in [-0.05, 0) is 83.9 Å². The minimum absolute atomic E-state index is 0.0479. The summed E-state index contributed by atoms with van der Waals surface area (Å²) in [7, 11) is 3.14. The second-order valence-electron chi connectivity index (χ2n) is 9.10. The molecule has 6 rings (SSSR count). The number of phenolic OH excluding ortho intramolecular Hbond substituents is 2. The molecule has 0 fully saturated rings. The SMILES string of the molecule is COc1cc2c(cc1OC)C(=O)N(c1ccc(Cl)cc1)C2.O=C1c2cc(O)c(O)cc2CN1c1ccc(Cl)cc1. The Bertz CT molecular complexity index is 1610. The number of fused-ring (bicyclic) bond motifs is 2. The number of carbonyl (C=O) groups excluding carboxylic acids is 2. The van der Waals surface area contributed by atoms with Gasteiger partial charge in [0.25, 0.3) is 11.8 Å². The topological polar surface area (TPSA) is 99.5 Å². The number of methoxy groups -OCH3 is 2. The maximum Gasteiger partial charge on any atom is 0.259 e. The molecule has 2 heterocycles. The average molecular weight is 579 g/mol. The van der Waals surface area contributed by atoms with Gasteiger partial charge in [-0.15, -0.1) is 0 Å². The number of ether oxygens (including phenoxy) is 2. The van der Waals surface area contributed by atoms with Gasteiger partial charge in [-0.2, -0.15) is 0 Å². The predicted molar refractivity (Wildman–Crippen MR) is 153 cm³/mol. The Morgan fingerprint density at radius 1 is 0.625 bits per heavy atom. The molecule has 40 heavy (non-hydrogen) atoms. The molecule has 0 spiro atoms. The van der Waals surface area contributed by atoms with Gasteiger partial charge < -0.3 is 29.5 Å². The lowest BCUT2D eigenvalue weighted by Gasteiger charge is -2.15. The number of halogens is 2. The Kier molecular flexibility index (Phi) is 7.47. The number of hydrogen-bond donors (Lipinski definition) is 2. The number of hydrogen-bond acceptors (Lipinski definition) is 6. The number of anilines is 2. The molecule has 0 bridgehead atoms. The Balaban J connectivity index is 0.000000162. The highest BCUT2D eigenvalue weighted by Gasteiger charge is 2.31. The highest BCUT2D eigenvalue weighted by Crippen LogP contribution is 2.37. The van der Waals surface area contributed by atoms with Crippen LogP contribution in [-0.2, 0) is 13.1 Å². The minimum Gasteiger partial charge on any atom is -0.504 e. The van der Waals surface area contributed by atoms with E-state index in [1.54, 1.807) is 66.5 Å². The lowest BCUT2D eigenvalue weighted by atomic mass is 10.1. The first-order valence-electron chi connectivity index (χ1n) is 12.1. The van der Waals surface area contributed by atoms with E-state index in [9.17, 15) is 19.8 Å². The second-order valence-corrected chi connectivity index (χ2v) is 9.97. The maximum atomic E-state index is 12.5. The van der Waals surface area contributed by atoms with Gasteiger partial charge in [0.1, 0.15) is 0 Å². The van der Waals surface area contributed by atoms with Gasteiger partial charge in [0.2, 0.25) is 0 Å². The normalized spacial score (nSPS) is 13.5. The van der Waals surface area contributed by atoms with Crippen molar-refractivity contribution >= 4 is 46.4 Å². The highest BCUT2D eigenvalue weighted by atomic mass is 35.5. The van der Waals surface area contributed by atoms with Crippen LogP contribution in [-0.4, -0.2) is 36.2 Å². The largest absolute Gasteiger partial charge is 0.504 e. The van der Waals surface area contributed by atoms with Gasteiger partial charge in [-0.1, -0.05) is 23.2 Å². The van der Waals surface area contributed by atoms with Crippen LogP contribution in [0.3, 0.4) is 0 Å². The van der Waals surface area contributed by atoms with Crippen LogP contribution >= 0.6 is 23.2 Å². The van der Waals surface area contributed by atoms with E-state index in [1.165, 1.54) is 12.1 Å². The fourth-order valence-corrected chi connectivity index (χ4v) is 4.89. The Labute approximate surface area is 240 Å². The molecule has 2 N–H and O–H groups in total. The van der Waals surface area contributed by atoms with E-state index in [2.05, 4.69) is 0 Å². The molecule has 0 aliphatic carbocycles. The van der Waals surface area contributed by atoms with Crippen LogP contribution in [0, 0.1) is 0 Å². The molecular formula is C30H24Cl2N2O6. The Morgan fingerprint density at radius 3 is 1.50 bits per heavy atom. The van der Waals surface area contributed by atoms with E-state index in [-0.39, 0.29) is 23.3 Å². The van der Waals surface area contributed by atoms with Gasteiger partial charge >= 0.3 is 0 Å². The summed E-state index contributed by atoms with van der Waals surface area (Å²) in [5.74, 6) is 0.431. The molecule has 0 radical (unpaired) electrons. The van der Waals surface area contributed by atoms with E-state index >= 15 is 0 Å². The van der Waals surface area contributed by atoms with Gasteiger partial charge in [-0.3, -0.25) is 9.59 Å². The van der Waals surface area contributed by atoms with Crippen molar-refractivity contribution in [3.05, 3.63) is 105 Å². The molecule has 0 saturated carbocycles. The molecular weight excluding hydrogens is 555 g/mol.